The van der Waals surface area contributed by atoms with E-state index in [4.69, 9.17) is 10.2 Å². The average molecular weight is 747 g/mol. The van der Waals surface area contributed by atoms with Crippen molar-refractivity contribution in [2.75, 3.05) is 26.2 Å². The molecule has 9 heteroatoms. The van der Waals surface area contributed by atoms with Crippen molar-refractivity contribution >= 4 is 49.0 Å². The van der Waals surface area contributed by atoms with Gasteiger partial charge in [-0.1, -0.05) is 209 Å². The average Bonchev–Trinajstić information content (AvgIpc) is 3.20. The fourth-order valence-electron chi connectivity index (χ4n) is 4.28. The molecule has 0 amide bonds. The molecule has 6 aromatic rings. The first-order valence-corrected chi connectivity index (χ1v) is 19.6. The van der Waals surface area contributed by atoms with E-state index in [-0.39, 0.29) is 21.7 Å². The van der Waals surface area contributed by atoms with Crippen LogP contribution in [0.25, 0.3) is 20.8 Å². The maximum Gasteiger partial charge on any atom is 4.00 e. The van der Waals surface area contributed by atoms with Gasteiger partial charge in [0.25, 0.3) is 0 Å². The summed E-state index contributed by atoms with van der Waals surface area (Å²) in [7, 11) is -1.53. The molecule has 0 radical (unpaired) electrons. The van der Waals surface area contributed by atoms with E-state index in [0.717, 1.165) is 37.8 Å². The van der Waals surface area contributed by atoms with Gasteiger partial charge in [0.05, 0.1) is 0 Å². The smallest absolute Gasteiger partial charge is 0.663 e. The Bertz CT molecular complexity index is 1430. The first kappa shape index (κ1) is 43.4. The Balaban J connectivity index is 0.000000276. The second-order valence-corrected chi connectivity index (χ2v) is 14.0. The molecule has 0 unspecified atom stereocenters. The number of aromatic nitrogens is 2. The standard InChI is InChI=1S/2C17H14N2P.2C4H10N.Ti/c2*1-3-9-15(10-4-1)20(16-11-5-2-6-12-16)19-17-13-7-8-14-18-17;2*1-3-5-4-2;/h2*1-14H;2*3-4H2,1-2H3;/q4*-1;+4. The maximum atomic E-state index is 4.85. The summed E-state index contributed by atoms with van der Waals surface area (Å²) in [5, 5.41) is 22.6. The molecule has 0 aliphatic carbocycles. The molecule has 0 saturated heterocycles. The summed E-state index contributed by atoms with van der Waals surface area (Å²) in [5.74, 6) is 1.57. The number of pyridine rings is 2. The number of nitrogens with zero attached hydrogens (tertiary/aromatic N) is 6. The fourth-order valence-corrected chi connectivity index (χ4v) is 7.81. The second kappa shape index (κ2) is 27.9. The van der Waals surface area contributed by atoms with Crippen molar-refractivity contribution in [1.82, 2.24) is 9.97 Å². The third-order valence-electron chi connectivity index (χ3n) is 6.60. The van der Waals surface area contributed by atoms with Crippen LogP contribution in [0.5, 0.6) is 0 Å². The topological polar surface area (TPSA) is 82.2 Å². The van der Waals surface area contributed by atoms with Gasteiger partial charge >= 0.3 is 21.7 Å². The molecular weight excluding hydrogens is 698 g/mol. The van der Waals surface area contributed by atoms with Gasteiger partial charge < -0.3 is 30.8 Å². The minimum atomic E-state index is -0.765. The van der Waals surface area contributed by atoms with Crippen LogP contribution in [0, 0.1) is 0 Å². The van der Waals surface area contributed by atoms with E-state index in [0.29, 0.717) is 0 Å². The molecule has 260 valence electrons. The molecule has 0 spiro atoms. The summed E-state index contributed by atoms with van der Waals surface area (Å²) >= 11 is 0. The van der Waals surface area contributed by atoms with Gasteiger partial charge in [-0.25, -0.2) is 0 Å². The Morgan fingerprint density at radius 2 is 0.627 bits per heavy atom. The van der Waals surface area contributed by atoms with Crippen LogP contribution < -0.4 is 21.2 Å². The van der Waals surface area contributed by atoms with E-state index < -0.39 is 16.1 Å². The molecule has 51 heavy (non-hydrogen) atoms. The van der Waals surface area contributed by atoms with E-state index in [1.54, 1.807) is 12.4 Å². The zero-order chi connectivity index (χ0) is 35.5. The molecule has 0 bridgehead atoms. The predicted octanol–water partition coefficient (Wildman–Crippen LogP) is 11.1. The van der Waals surface area contributed by atoms with Crippen LogP contribution in [-0.4, -0.2) is 36.1 Å². The monoisotopic (exact) mass is 746 g/mol. The molecule has 6 nitrogen and oxygen atoms in total. The Morgan fingerprint density at radius 1 is 0.373 bits per heavy atom. The molecule has 0 atom stereocenters. The van der Waals surface area contributed by atoms with Crippen LogP contribution >= 0.6 is 16.1 Å². The molecule has 0 aliphatic heterocycles. The molecule has 4 aromatic carbocycles. The van der Waals surface area contributed by atoms with Gasteiger partial charge in [-0.3, -0.25) is 0 Å². The summed E-state index contributed by atoms with van der Waals surface area (Å²) in [6.07, 6.45) is 3.56. The maximum absolute atomic E-state index is 4.85. The number of hydrogen-bond acceptors (Lipinski definition) is 2. The SMILES string of the molecule is CC[N-]CC.CC[N-]CC.[Ti+4].c1ccc(P([N-]c2ccccn2)c2ccccc2)cc1.c1ccc(P([N-]c2ccccn2)c2ccccc2)cc1. The molecule has 0 N–H and O–H groups in total. The third kappa shape index (κ3) is 17.4. The third-order valence-corrected chi connectivity index (χ3v) is 10.6. The second-order valence-electron chi connectivity index (χ2n) is 10.3. The predicted molar refractivity (Wildman–Crippen MR) is 222 cm³/mol. The summed E-state index contributed by atoms with van der Waals surface area (Å²) < 4.78 is 0. The van der Waals surface area contributed by atoms with E-state index in [9.17, 15) is 0 Å². The van der Waals surface area contributed by atoms with Gasteiger partial charge in [-0.05, 0) is 37.4 Å². The van der Waals surface area contributed by atoms with Gasteiger partial charge in [0, 0.05) is 0 Å². The van der Waals surface area contributed by atoms with E-state index in [1.165, 1.54) is 21.2 Å². The Morgan fingerprint density at radius 3 is 0.824 bits per heavy atom. The van der Waals surface area contributed by atoms with Crippen molar-refractivity contribution in [2.24, 2.45) is 0 Å². The van der Waals surface area contributed by atoms with Gasteiger partial charge in [0.1, 0.15) is 0 Å². The zero-order valence-corrected chi connectivity index (χ0v) is 33.4. The van der Waals surface area contributed by atoms with E-state index in [2.05, 4.69) is 118 Å². The first-order chi connectivity index (χ1) is 24.7. The quantitative estimate of drug-likeness (QED) is 0.0923. The van der Waals surface area contributed by atoms with Crippen LogP contribution in [0.2, 0.25) is 0 Å². The van der Waals surface area contributed by atoms with Crippen molar-refractivity contribution in [3.63, 3.8) is 0 Å². The van der Waals surface area contributed by atoms with Gasteiger partial charge in [0.2, 0.25) is 0 Å². The first-order valence-electron chi connectivity index (χ1n) is 17.0. The van der Waals surface area contributed by atoms with Crippen molar-refractivity contribution in [3.05, 3.63) is 191 Å². The normalized spacial score (nSPS) is 9.84. The molecule has 6 rings (SSSR count). The summed E-state index contributed by atoms with van der Waals surface area (Å²) in [4.78, 5) is 8.64. The number of rotatable bonds is 12. The van der Waals surface area contributed by atoms with Crippen LogP contribution in [0.4, 0.5) is 11.6 Å². The van der Waals surface area contributed by atoms with Crippen molar-refractivity contribution in [1.29, 1.82) is 0 Å². The van der Waals surface area contributed by atoms with Crippen molar-refractivity contribution in [3.8, 4) is 0 Å². The van der Waals surface area contributed by atoms with Crippen LogP contribution in [0.1, 0.15) is 27.7 Å². The Labute approximate surface area is 323 Å². The van der Waals surface area contributed by atoms with Gasteiger partial charge in [-0.2, -0.15) is 26.2 Å². The Hall–Kier alpha value is -3.73. The summed E-state index contributed by atoms with van der Waals surface area (Å²) in [5.41, 5.74) is 0. The molecule has 0 fully saturated rings. The van der Waals surface area contributed by atoms with Gasteiger partial charge in [-0.15, -0.1) is 0 Å². The molecule has 2 aromatic heterocycles. The zero-order valence-electron chi connectivity index (χ0n) is 30.1. The van der Waals surface area contributed by atoms with E-state index >= 15 is 0 Å². The van der Waals surface area contributed by atoms with Crippen LogP contribution in [0.15, 0.2) is 170 Å². The molecular formula is C42H48N6P2Ti. The summed E-state index contributed by atoms with van der Waals surface area (Å²) in [6.45, 7) is 12.1. The minimum Gasteiger partial charge on any atom is -0.663 e. The fraction of sp³-hybridized carbons (Fsp3) is 0.190. The van der Waals surface area contributed by atoms with Crippen LogP contribution in [-0.2, 0) is 21.7 Å². The van der Waals surface area contributed by atoms with Crippen molar-refractivity contribution in [2.45, 2.75) is 27.7 Å². The molecule has 2 heterocycles. The largest absolute Gasteiger partial charge is 4.00 e. The molecule has 0 saturated carbocycles. The Kier molecular flexibility index (Phi) is 23.8. The number of benzene rings is 4. The summed E-state index contributed by atoms with van der Waals surface area (Å²) in [6, 6.07) is 53.3. The van der Waals surface area contributed by atoms with E-state index in [1.807, 2.05) is 88.4 Å². The van der Waals surface area contributed by atoms with Crippen LogP contribution in [0.3, 0.4) is 0 Å². The molecule has 0 aliphatic rings. The number of hydrogen-bond donors (Lipinski definition) is 0. The minimum absolute atomic E-state index is 0. The van der Waals surface area contributed by atoms with Crippen molar-refractivity contribution < 1.29 is 21.7 Å². The van der Waals surface area contributed by atoms with Gasteiger partial charge in [0.15, 0.2) is 0 Å².